The number of methoxy groups -OCH3 is 2. The number of nitrogens with two attached hydrogens (primary N) is 1. The van der Waals surface area contributed by atoms with Crippen LogP contribution in [0.5, 0.6) is 11.5 Å². The molecule has 1 heterocycles. The van der Waals surface area contributed by atoms with E-state index in [1.54, 1.807) is 38.5 Å². The third-order valence-electron chi connectivity index (χ3n) is 3.09. The Kier molecular flexibility index (Phi) is 2.95. The number of anilines is 1. The monoisotopic (exact) mass is 270 g/mol. The molecule has 0 fully saturated rings. The maximum Gasteiger partial charge on any atom is 0.229 e. The van der Waals surface area contributed by atoms with Gasteiger partial charge >= 0.3 is 0 Å². The van der Waals surface area contributed by atoms with Gasteiger partial charge < -0.3 is 19.6 Å². The molecular formula is C15H14N2O3. The van der Waals surface area contributed by atoms with E-state index in [1.165, 1.54) is 0 Å². The zero-order valence-electron chi connectivity index (χ0n) is 11.2. The first-order chi connectivity index (χ1) is 9.71. The lowest BCUT2D eigenvalue weighted by Gasteiger charge is -2.04. The van der Waals surface area contributed by atoms with E-state index >= 15 is 0 Å². The summed E-state index contributed by atoms with van der Waals surface area (Å²) < 4.78 is 16.1. The maximum atomic E-state index is 5.97. The van der Waals surface area contributed by atoms with Gasteiger partial charge in [-0.2, -0.15) is 0 Å². The van der Waals surface area contributed by atoms with Crippen molar-refractivity contribution in [1.82, 2.24) is 4.98 Å². The fourth-order valence-corrected chi connectivity index (χ4v) is 1.99. The Bertz CT molecular complexity index is 765. The second kappa shape index (κ2) is 4.77. The fourth-order valence-electron chi connectivity index (χ4n) is 1.99. The van der Waals surface area contributed by atoms with Crippen LogP contribution in [0.1, 0.15) is 0 Å². The summed E-state index contributed by atoms with van der Waals surface area (Å²) in [5, 5.41) is 0. The zero-order valence-corrected chi connectivity index (χ0v) is 11.2. The number of rotatable bonds is 3. The first kappa shape index (κ1) is 12.3. The molecule has 0 amide bonds. The molecule has 0 atom stereocenters. The van der Waals surface area contributed by atoms with Crippen molar-refractivity contribution in [2.24, 2.45) is 0 Å². The van der Waals surface area contributed by atoms with Crippen molar-refractivity contribution >= 4 is 16.8 Å². The normalized spacial score (nSPS) is 10.7. The van der Waals surface area contributed by atoms with Crippen molar-refractivity contribution in [3.05, 3.63) is 36.4 Å². The molecule has 5 nitrogen and oxygen atoms in total. The standard InChI is InChI=1S/C15H14N2O3/c1-18-9-3-5-12(16)11(7-9)15-17-13-6-4-10(19-2)8-14(13)20-15/h3-8H,16H2,1-2H3. The molecule has 0 aliphatic carbocycles. The van der Waals surface area contributed by atoms with Crippen LogP contribution in [-0.2, 0) is 0 Å². The summed E-state index contributed by atoms with van der Waals surface area (Å²) in [5.74, 6) is 1.89. The van der Waals surface area contributed by atoms with Crippen LogP contribution in [0.25, 0.3) is 22.6 Å². The summed E-state index contributed by atoms with van der Waals surface area (Å²) in [7, 11) is 3.21. The van der Waals surface area contributed by atoms with E-state index in [2.05, 4.69) is 4.98 Å². The summed E-state index contributed by atoms with van der Waals surface area (Å²) in [6, 6.07) is 10.8. The van der Waals surface area contributed by atoms with Crippen LogP contribution in [0.2, 0.25) is 0 Å². The molecule has 0 saturated carbocycles. The Morgan fingerprint density at radius 3 is 2.45 bits per heavy atom. The third kappa shape index (κ3) is 2.03. The van der Waals surface area contributed by atoms with Gasteiger partial charge in [0.25, 0.3) is 0 Å². The first-order valence-electron chi connectivity index (χ1n) is 6.09. The molecule has 5 heteroatoms. The van der Waals surface area contributed by atoms with Crippen LogP contribution in [0, 0.1) is 0 Å². The number of oxazole rings is 1. The topological polar surface area (TPSA) is 70.5 Å². The van der Waals surface area contributed by atoms with Gasteiger partial charge in [-0.1, -0.05) is 0 Å². The fraction of sp³-hybridized carbons (Fsp3) is 0.133. The van der Waals surface area contributed by atoms with Gasteiger partial charge in [0.1, 0.15) is 17.0 Å². The third-order valence-corrected chi connectivity index (χ3v) is 3.09. The van der Waals surface area contributed by atoms with Gasteiger partial charge in [0, 0.05) is 11.8 Å². The summed E-state index contributed by atoms with van der Waals surface area (Å²) in [4.78, 5) is 4.44. The van der Waals surface area contributed by atoms with Crippen molar-refractivity contribution in [2.75, 3.05) is 20.0 Å². The van der Waals surface area contributed by atoms with Crippen molar-refractivity contribution in [3.8, 4) is 23.0 Å². The minimum atomic E-state index is 0.463. The maximum absolute atomic E-state index is 5.97. The predicted octanol–water partition coefficient (Wildman–Crippen LogP) is 3.09. The average molecular weight is 270 g/mol. The van der Waals surface area contributed by atoms with Crippen molar-refractivity contribution in [1.29, 1.82) is 0 Å². The van der Waals surface area contributed by atoms with Gasteiger partial charge in [-0.3, -0.25) is 0 Å². The number of nitrogen functional groups attached to an aromatic ring is 1. The largest absolute Gasteiger partial charge is 0.497 e. The lowest BCUT2D eigenvalue weighted by atomic mass is 10.1. The molecule has 0 aliphatic heterocycles. The van der Waals surface area contributed by atoms with Crippen LogP contribution < -0.4 is 15.2 Å². The summed E-state index contributed by atoms with van der Waals surface area (Å²) in [6.45, 7) is 0. The van der Waals surface area contributed by atoms with Gasteiger partial charge in [0.2, 0.25) is 5.89 Å². The molecule has 0 saturated heterocycles. The van der Waals surface area contributed by atoms with Gasteiger partial charge in [-0.05, 0) is 30.3 Å². The molecule has 102 valence electrons. The van der Waals surface area contributed by atoms with E-state index in [9.17, 15) is 0 Å². The van der Waals surface area contributed by atoms with Gasteiger partial charge in [-0.15, -0.1) is 0 Å². The molecule has 2 aromatic carbocycles. The minimum Gasteiger partial charge on any atom is -0.497 e. The van der Waals surface area contributed by atoms with Crippen LogP contribution in [0.4, 0.5) is 5.69 Å². The van der Waals surface area contributed by atoms with E-state index in [1.807, 2.05) is 12.1 Å². The highest BCUT2D eigenvalue weighted by Gasteiger charge is 2.12. The number of nitrogens with zero attached hydrogens (tertiary/aromatic N) is 1. The molecule has 3 aromatic rings. The number of benzene rings is 2. The first-order valence-corrected chi connectivity index (χ1v) is 6.09. The predicted molar refractivity (Wildman–Crippen MR) is 77.0 cm³/mol. The van der Waals surface area contributed by atoms with Crippen LogP contribution >= 0.6 is 0 Å². The molecule has 20 heavy (non-hydrogen) atoms. The Hall–Kier alpha value is -2.69. The molecule has 0 aliphatic rings. The summed E-state index contributed by atoms with van der Waals surface area (Å²) in [6.07, 6.45) is 0. The number of hydrogen-bond donors (Lipinski definition) is 1. The van der Waals surface area contributed by atoms with Gasteiger partial charge in [-0.25, -0.2) is 4.98 Å². The molecule has 0 spiro atoms. The molecule has 3 rings (SSSR count). The van der Waals surface area contributed by atoms with E-state index < -0.39 is 0 Å². The lowest BCUT2D eigenvalue weighted by Crippen LogP contribution is -1.91. The van der Waals surface area contributed by atoms with Crippen LogP contribution in [-0.4, -0.2) is 19.2 Å². The van der Waals surface area contributed by atoms with Crippen LogP contribution in [0.15, 0.2) is 40.8 Å². The van der Waals surface area contributed by atoms with Crippen molar-refractivity contribution < 1.29 is 13.9 Å². The SMILES string of the molecule is COc1ccc(N)c(-c2nc3ccc(OC)cc3o2)c1. The lowest BCUT2D eigenvalue weighted by molar-refractivity contribution is 0.414. The Morgan fingerprint density at radius 2 is 1.70 bits per heavy atom. The second-order valence-electron chi connectivity index (χ2n) is 4.31. The summed E-state index contributed by atoms with van der Waals surface area (Å²) in [5.41, 5.74) is 8.68. The Labute approximate surface area is 115 Å². The number of aromatic nitrogens is 1. The number of ether oxygens (including phenoxy) is 2. The molecule has 1 aromatic heterocycles. The van der Waals surface area contributed by atoms with E-state index in [0.29, 0.717) is 28.5 Å². The van der Waals surface area contributed by atoms with E-state index in [4.69, 9.17) is 19.6 Å². The molecule has 2 N–H and O–H groups in total. The highest BCUT2D eigenvalue weighted by molar-refractivity contribution is 5.81. The molecular weight excluding hydrogens is 256 g/mol. The average Bonchev–Trinajstić information content (AvgIpc) is 2.90. The Morgan fingerprint density at radius 1 is 1.00 bits per heavy atom. The molecule has 0 radical (unpaired) electrons. The van der Waals surface area contributed by atoms with E-state index in [0.717, 1.165) is 11.3 Å². The van der Waals surface area contributed by atoms with Crippen LogP contribution in [0.3, 0.4) is 0 Å². The smallest absolute Gasteiger partial charge is 0.229 e. The van der Waals surface area contributed by atoms with Crippen molar-refractivity contribution in [3.63, 3.8) is 0 Å². The number of fused-ring (bicyclic) bond motifs is 1. The van der Waals surface area contributed by atoms with E-state index in [-0.39, 0.29) is 0 Å². The highest BCUT2D eigenvalue weighted by atomic mass is 16.5. The quantitative estimate of drug-likeness (QED) is 0.740. The van der Waals surface area contributed by atoms with Gasteiger partial charge in [0.05, 0.1) is 19.8 Å². The second-order valence-corrected chi connectivity index (χ2v) is 4.31. The zero-order chi connectivity index (χ0) is 14.1. The minimum absolute atomic E-state index is 0.463. The van der Waals surface area contributed by atoms with Gasteiger partial charge in [0.15, 0.2) is 5.58 Å². The Balaban J connectivity index is 2.14. The highest BCUT2D eigenvalue weighted by Crippen LogP contribution is 2.32. The molecule has 0 unspecified atom stereocenters. The summed E-state index contributed by atoms with van der Waals surface area (Å²) >= 11 is 0. The van der Waals surface area contributed by atoms with Crippen molar-refractivity contribution in [2.45, 2.75) is 0 Å². The molecule has 0 bridgehead atoms. The number of hydrogen-bond acceptors (Lipinski definition) is 5.